The molecule has 0 aliphatic carbocycles. The van der Waals surface area contributed by atoms with Gasteiger partial charge in [-0.25, -0.2) is 4.98 Å². The van der Waals surface area contributed by atoms with Crippen LogP contribution in [0.2, 0.25) is 0 Å². The summed E-state index contributed by atoms with van der Waals surface area (Å²) >= 11 is 3.43. The van der Waals surface area contributed by atoms with Crippen molar-refractivity contribution in [2.45, 2.75) is 6.54 Å². The molecule has 0 amide bonds. The van der Waals surface area contributed by atoms with Crippen molar-refractivity contribution in [3.8, 4) is 0 Å². The van der Waals surface area contributed by atoms with Crippen LogP contribution in [0.4, 0.5) is 0 Å². The molecule has 0 bridgehead atoms. The molecule has 0 spiro atoms. The summed E-state index contributed by atoms with van der Waals surface area (Å²) in [6.45, 7) is 0.696. The highest BCUT2D eigenvalue weighted by Gasteiger charge is 2.00. The molecule has 0 aromatic carbocycles. The molecule has 0 aliphatic heterocycles. The quantitative estimate of drug-likeness (QED) is 0.798. The van der Waals surface area contributed by atoms with Crippen LogP contribution in [0.5, 0.6) is 0 Å². The summed E-state index contributed by atoms with van der Waals surface area (Å²) in [6, 6.07) is 3.87. The van der Waals surface area contributed by atoms with E-state index in [1.807, 2.05) is 22.9 Å². The normalized spacial score (nSPS) is 10.2. The Morgan fingerprint density at radius 1 is 1.46 bits per heavy atom. The van der Waals surface area contributed by atoms with Crippen molar-refractivity contribution in [2.75, 3.05) is 0 Å². The fourth-order valence-electron chi connectivity index (χ4n) is 1.04. The molecule has 0 N–H and O–H groups in total. The Morgan fingerprint density at radius 2 is 2.38 bits per heavy atom. The van der Waals surface area contributed by atoms with Gasteiger partial charge in [0.25, 0.3) is 0 Å². The molecule has 2 heterocycles. The minimum atomic E-state index is 0.696. The van der Waals surface area contributed by atoms with Crippen LogP contribution in [0.3, 0.4) is 0 Å². The van der Waals surface area contributed by atoms with Gasteiger partial charge < -0.3 is 4.57 Å². The Labute approximate surface area is 84.6 Å². The standard InChI is InChI=1S/C9H7BrN3/c10-8-2-1-3-12-9(8)6-13-5-4-11-7-13/h1-5H,6H2. The zero-order chi connectivity index (χ0) is 9.10. The third-order valence-corrected chi connectivity index (χ3v) is 2.38. The lowest BCUT2D eigenvalue weighted by Crippen LogP contribution is -1.99. The first-order chi connectivity index (χ1) is 6.36. The molecular weight excluding hydrogens is 230 g/mol. The summed E-state index contributed by atoms with van der Waals surface area (Å²) in [4.78, 5) is 8.08. The Hall–Kier alpha value is -1.16. The molecule has 1 radical (unpaired) electrons. The number of nitrogens with zero attached hydrogens (tertiary/aromatic N) is 3. The summed E-state index contributed by atoms with van der Waals surface area (Å²) in [7, 11) is 0. The zero-order valence-electron chi connectivity index (χ0n) is 6.81. The van der Waals surface area contributed by atoms with Crippen molar-refractivity contribution in [1.29, 1.82) is 0 Å². The number of pyridine rings is 1. The molecular formula is C9H7BrN3. The summed E-state index contributed by atoms with van der Waals surface area (Å²) in [5, 5.41) is 0. The largest absolute Gasteiger partial charge is 0.322 e. The summed E-state index contributed by atoms with van der Waals surface area (Å²) in [6.07, 6.45) is 8.16. The Balaban J connectivity index is 2.24. The second kappa shape index (κ2) is 3.70. The zero-order valence-corrected chi connectivity index (χ0v) is 8.40. The van der Waals surface area contributed by atoms with Gasteiger partial charge >= 0.3 is 0 Å². The molecule has 0 saturated heterocycles. The molecule has 0 atom stereocenters. The number of rotatable bonds is 2. The van der Waals surface area contributed by atoms with E-state index in [1.54, 1.807) is 12.4 Å². The van der Waals surface area contributed by atoms with Gasteiger partial charge in [-0.15, -0.1) is 0 Å². The average Bonchev–Trinajstić information content (AvgIpc) is 2.61. The molecule has 0 unspecified atom stereocenters. The van der Waals surface area contributed by atoms with Crippen LogP contribution in [0.15, 0.2) is 35.2 Å². The van der Waals surface area contributed by atoms with Crippen LogP contribution >= 0.6 is 15.9 Å². The van der Waals surface area contributed by atoms with Crippen LogP contribution in [-0.2, 0) is 6.54 Å². The predicted octanol–water partition coefficient (Wildman–Crippen LogP) is 1.89. The Morgan fingerprint density at radius 3 is 3.08 bits per heavy atom. The molecule has 2 aromatic rings. The number of aromatic nitrogens is 3. The van der Waals surface area contributed by atoms with Crippen LogP contribution in [0, 0.1) is 6.33 Å². The van der Waals surface area contributed by atoms with Crippen molar-refractivity contribution in [3.05, 3.63) is 47.2 Å². The van der Waals surface area contributed by atoms with Gasteiger partial charge in [0.1, 0.15) is 0 Å². The summed E-state index contributed by atoms with van der Waals surface area (Å²) in [5.41, 5.74) is 0.983. The summed E-state index contributed by atoms with van der Waals surface area (Å²) < 4.78 is 2.87. The summed E-state index contributed by atoms with van der Waals surface area (Å²) in [5.74, 6) is 0. The minimum absolute atomic E-state index is 0.696. The fraction of sp³-hybridized carbons (Fsp3) is 0.111. The van der Waals surface area contributed by atoms with Crippen LogP contribution in [0.25, 0.3) is 0 Å². The second-order valence-corrected chi connectivity index (χ2v) is 3.44. The minimum Gasteiger partial charge on any atom is -0.322 e. The smallest absolute Gasteiger partial charge is 0.176 e. The van der Waals surface area contributed by atoms with Gasteiger partial charge in [-0.05, 0) is 28.1 Å². The number of imidazole rings is 1. The molecule has 0 fully saturated rings. The van der Waals surface area contributed by atoms with Gasteiger partial charge in [0.05, 0.1) is 12.2 Å². The monoisotopic (exact) mass is 236 g/mol. The molecule has 2 rings (SSSR count). The maximum atomic E-state index is 4.24. The molecule has 4 heteroatoms. The molecule has 0 aliphatic rings. The van der Waals surface area contributed by atoms with Gasteiger partial charge in [0, 0.05) is 23.1 Å². The van der Waals surface area contributed by atoms with E-state index < -0.39 is 0 Å². The first-order valence-electron chi connectivity index (χ1n) is 3.84. The highest BCUT2D eigenvalue weighted by molar-refractivity contribution is 9.10. The van der Waals surface area contributed by atoms with E-state index in [2.05, 4.69) is 32.2 Å². The lowest BCUT2D eigenvalue weighted by Gasteiger charge is -2.02. The van der Waals surface area contributed by atoms with Gasteiger partial charge in [0.15, 0.2) is 6.33 Å². The van der Waals surface area contributed by atoms with Crippen LogP contribution in [0.1, 0.15) is 5.69 Å². The fourth-order valence-corrected chi connectivity index (χ4v) is 1.42. The topological polar surface area (TPSA) is 30.7 Å². The Bertz CT molecular complexity index is 384. The highest BCUT2D eigenvalue weighted by atomic mass is 79.9. The second-order valence-electron chi connectivity index (χ2n) is 2.59. The van der Waals surface area contributed by atoms with Crippen LogP contribution < -0.4 is 0 Å². The van der Waals surface area contributed by atoms with E-state index in [1.165, 1.54) is 0 Å². The lowest BCUT2D eigenvalue weighted by atomic mass is 10.3. The lowest BCUT2D eigenvalue weighted by molar-refractivity contribution is 0.762. The van der Waals surface area contributed by atoms with Crippen molar-refractivity contribution < 1.29 is 0 Å². The van der Waals surface area contributed by atoms with Gasteiger partial charge in [-0.1, -0.05) is 0 Å². The maximum Gasteiger partial charge on any atom is 0.176 e. The van der Waals surface area contributed by atoms with E-state index in [-0.39, 0.29) is 0 Å². The van der Waals surface area contributed by atoms with Crippen LogP contribution in [-0.4, -0.2) is 14.5 Å². The SMILES string of the molecule is Brc1cccnc1Cn1[c]ncc1. The molecule has 0 saturated carbocycles. The van der Waals surface area contributed by atoms with Crippen molar-refractivity contribution >= 4 is 15.9 Å². The highest BCUT2D eigenvalue weighted by Crippen LogP contribution is 2.13. The first kappa shape index (κ1) is 8.44. The molecule has 2 aromatic heterocycles. The molecule has 65 valence electrons. The Kier molecular flexibility index (Phi) is 2.40. The van der Waals surface area contributed by atoms with E-state index in [0.717, 1.165) is 10.2 Å². The number of hydrogen-bond acceptors (Lipinski definition) is 2. The molecule has 3 nitrogen and oxygen atoms in total. The number of hydrogen-bond donors (Lipinski definition) is 0. The van der Waals surface area contributed by atoms with Gasteiger partial charge in [-0.3, -0.25) is 4.98 Å². The maximum absolute atomic E-state index is 4.24. The van der Waals surface area contributed by atoms with Crippen molar-refractivity contribution in [1.82, 2.24) is 14.5 Å². The third kappa shape index (κ3) is 1.95. The van der Waals surface area contributed by atoms with E-state index in [0.29, 0.717) is 6.54 Å². The van der Waals surface area contributed by atoms with Gasteiger partial charge in [-0.2, -0.15) is 0 Å². The van der Waals surface area contributed by atoms with E-state index in [9.17, 15) is 0 Å². The third-order valence-electron chi connectivity index (χ3n) is 1.66. The van der Waals surface area contributed by atoms with Crippen molar-refractivity contribution in [2.24, 2.45) is 0 Å². The van der Waals surface area contributed by atoms with E-state index in [4.69, 9.17) is 0 Å². The number of halogens is 1. The first-order valence-corrected chi connectivity index (χ1v) is 4.64. The average molecular weight is 237 g/mol. The van der Waals surface area contributed by atoms with Crippen molar-refractivity contribution in [3.63, 3.8) is 0 Å². The predicted molar refractivity (Wildman–Crippen MR) is 52.1 cm³/mol. The molecule has 13 heavy (non-hydrogen) atoms. The van der Waals surface area contributed by atoms with Gasteiger partial charge in [0.2, 0.25) is 0 Å². The van der Waals surface area contributed by atoms with E-state index >= 15 is 0 Å².